The van der Waals surface area contributed by atoms with Crippen LogP contribution in [0, 0.1) is 20.8 Å². The summed E-state index contributed by atoms with van der Waals surface area (Å²) in [6.45, 7) is 13.2. The van der Waals surface area contributed by atoms with Gasteiger partial charge in [-0.1, -0.05) is 51.1 Å². The number of rotatable bonds is 2. The molecule has 3 rings (SSSR count). The third-order valence-electron chi connectivity index (χ3n) is 4.77. The van der Waals surface area contributed by atoms with E-state index in [0.717, 1.165) is 5.82 Å². The van der Waals surface area contributed by atoms with Gasteiger partial charge in [0.15, 0.2) is 0 Å². The standard InChI is InChI=1S/C22H26N2/c1-15-9-7-8-10-19(15)20-13-18(22(4,5)6)14-21(16(20)2)24-12-11-23-17(24)3/h7-14H,1-6H3. The zero-order valence-corrected chi connectivity index (χ0v) is 15.5. The number of nitrogens with zero attached hydrogens (tertiary/aromatic N) is 2. The largest absolute Gasteiger partial charge is 0.304 e. The Bertz CT molecular complexity index is 879. The Balaban J connectivity index is 2.34. The molecular formula is C22H26N2. The second kappa shape index (κ2) is 5.94. The topological polar surface area (TPSA) is 17.8 Å². The highest BCUT2D eigenvalue weighted by Crippen LogP contribution is 2.35. The number of hydrogen-bond acceptors (Lipinski definition) is 1. The van der Waals surface area contributed by atoms with Gasteiger partial charge < -0.3 is 4.57 Å². The summed E-state index contributed by atoms with van der Waals surface area (Å²) in [6, 6.07) is 13.3. The predicted octanol–water partition coefficient (Wildman–Crippen LogP) is 5.76. The van der Waals surface area contributed by atoms with Gasteiger partial charge in [0.25, 0.3) is 0 Å². The van der Waals surface area contributed by atoms with Gasteiger partial charge in [0, 0.05) is 12.4 Å². The molecule has 0 bridgehead atoms. The van der Waals surface area contributed by atoms with Crippen LogP contribution in [0.2, 0.25) is 0 Å². The second-order valence-corrected chi connectivity index (χ2v) is 7.58. The van der Waals surface area contributed by atoms with Crippen LogP contribution in [0.4, 0.5) is 0 Å². The van der Waals surface area contributed by atoms with E-state index >= 15 is 0 Å². The lowest BCUT2D eigenvalue weighted by atomic mass is 9.83. The van der Waals surface area contributed by atoms with Crippen molar-refractivity contribution in [1.29, 1.82) is 0 Å². The predicted molar refractivity (Wildman–Crippen MR) is 102 cm³/mol. The summed E-state index contributed by atoms with van der Waals surface area (Å²) in [5.41, 5.74) is 7.86. The fourth-order valence-corrected chi connectivity index (χ4v) is 3.17. The molecule has 0 atom stereocenters. The van der Waals surface area contributed by atoms with Crippen molar-refractivity contribution in [2.75, 3.05) is 0 Å². The minimum Gasteiger partial charge on any atom is -0.304 e. The monoisotopic (exact) mass is 318 g/mol. The van der Waals surface area contributed by atoms with E-state index in [-0.39, 0.29) is 5.41 Å². The third kappa shape index (κ3) is 2.89. The van der Waals surface area contributed by atoms with Crippen molar-refractivity contribution in [3.8, 4) is 16.8 Å². The molecule has 0 radical (unpaired) electrons. The molecule has 124 valence electrons. The van der Waals surface area contributed by atoms with Gasteiger partial charge >= 0.3 is 0 Å². The summed E-state index contributed by atoms with van der Waals surface area (Å²) in [5, 5.41) is 0. The molecule has 0 amide bonds. The van der Waals surface area contributed by atoms with Crippen LogP contribution >= 0.6 is 0 Å². The van der Waals surface area contributed by atoms with Crippen LogP contribution in [-0.4, -0.2) is 9.55 Å². The van der Waals surface area contributed by atoms with Crippen molar-refractivity contribution in [2.45, 2.75) is 47.0 Å². The lowest BCUT2D eigenvalue weighted by Crippen LogP contribution is -2.13. The Labute approximate surface area is 145 Å². The van der Waals surface area contributed by atoms with E-state index in [9.17, 15) is 0 Å². The van der Waals surface area contributed by atoms with Gasteiger partial charge in [-0.15, -0.1) is 0 Å². The first kappa shape index (κ1) is 16.5. The minimum absolute atomic E-state index is 0.0916. The zero-order valence-electron chi connectivity index (χ0n) is 15.5. The molecule has 0 saturated heterocycles. The fourth-order valence-electron chi connectivity index (χ4n) is 3.17. The molecule has 0 fully saturated rings. The highest BCUT2D eigenvalue weighted by Gasteiger charge is 2.19. The summed E-state index contributed by atoms with van der Waals surface area (Å²) in [5.74, 6) is 1.01. The minimum atomic E-state index is 0.0916. The summed E-state index contributed by atoms with van der Waals surface area (Å²) in [4.78, 5) is 4.41. The molecule has 0 unspecified atom stereocenters. The van der Waals surface area contributed by atoms with Gasteiger partial charge in [-0.25, -0.2) is 4.98 Å². The quantitative estimate of drug-likeness (QED) is 0.587. The van der Waals surface area contributed by atoms with E-state index in [4.69, 9.17) is 0 Å². The molecule has 0 saturated carbocycles. The van der Waals surface area contributed by atoms with Gasteiger partial charge in [0.05, 0.1) is 5.69 Å². The zero-order chi connectivity index (χ0) is 17.5. The van der Waals surface area contributed by atoms with Crippen LogP contribution in [0.1, 0.15) is 43.3 Å². The number of imidazole rings is 1. The Kier molecular flexibility index (Phi) is 4.08. The molecular weight excluding hydrogens is 292 g/mol. The molecule has 2 aromatic carbocycles. The molecule has 1 aromatic heterocycles. The van der Waals surface area contributed by atoms with E-state index in [0.29, 0.717) is 0 Å². The van der Waals surface area contributed by atoms with Crippen LogP contribution in [0.25, 0.3) is 16.8 Å². The Hall–Kier alpha value is -2.35. The maximum Gasteiger partial charge on any atom is 0.110 e. The van der Waals surface area contributed by atoms with Crippen molar-refractivity contribution < 1.29 is 0 Å². The Morgan fingerprint density at radius 1 is 0.917 bits per heavy atom. The summed E-state index contributed by atoms with van der Waals surface area (Å²) in [7, 11) is 0. The Morgan fingerprint density at radius 3 is 2.21 bits per heavy atom. The van der Waals surface area contributed by atoms with Crippen molar-refractivity contribution in [1.82, 2.24) is 9.55 Å². The van der Waals surface area contributed by atoms with Gasteiger partial charge in [0.1, 0.15) is 5.82 Å². The van der Waals surface area contributed by atoms with E-state index in [1.807, 2.05) is 12.4 Å². The average molecular weight is 318 g/mol. The molecule has 0 N–H and O–H groups in total. The van der Waals surface area contributed by atoms with Crippen molar-refractivity contribution in [3.63, 3.8) is 0 Å². The molecule has 0 aliphatic rings. The molecule has 0 spiro atoms. The summed E-state index contributed by atoms with van der Waals surface area (Å²) >= 11 is 0. The molecule has 2 nitrogen and oxygen atoms in total. The molecule has 24 heavy (non-hydrogen) atoms. The van der Waals surface area contributed by atoms with Crippen LogP contribution < -0.4 is 0 Å². The number of aryl methyl sites for hydroxylation is 2. The summed E-state index contributed by atoms with van der Waals surface area (Å²) < 4.78 is 2.19. The maximum absolute atomic E-state index is 4.41. The third-order valence-corrected chi connectivity index (χ3v) is 4.77. The van der Waals surface area contributed by atoms with Gasteiger partial charge in [-0.3, -0.25) is 0 Å². The molecule has 3 aromatic rings. The SMILES string of the molecule is Cc1ccccc1-c1cc(C(C)(C)C)cc(-n2ccnc2C)c1C. The summed E-state index contributed by atoms with van der Waals surface area (Å²) in [6.07, 6.45) is 3.91. The molecule has 0 aliphatic carbocycles. The second-order valence-electron chi connectivity index (χ2n) is 7.58. The number of aromatic nitrogens is 2. The van der Waals surface area contributed by atoms with Gasteiger partial charge in [-0.05, 0) is 60.1 Å². The van der Waals surface area contributed by atoms with E-state index in [1.54, 1.807) is 0 Å². The van der Waals surface area contributed by atoms with E-state index < -0.39 is 0 Å². The number of hydrogen-bond donors (Lipinski definition) is 0. The molecule has 0 aliphatic heterocycles. The van der Waals surface area contributed by atoms with Gasteiger partial charge in [-0.2, -0.15) is 0 Å². The lowest BCUT2D eigenvalue weighted by Gasteiger charge is -2.24. The van der Waals surface area contributed by atoms with Crippen molar-refractivity contribution in [2.24, 2.45) is 0 Å². The van der Waals surface area contributed by atoms with Gasteiger partial charge in [0.2, 0.25) is 0 Å². The highest BCUT2D eigenvalue weighted by atomic mass is 15.1. The normalized spacial score (nSPS) is 11.8. The fraction of sp³-hybridized carbons (Fsp3) is 0.318. The molecule has 2 heteroatoms. The first-order valence-corrected chi connectivity index (χ1v) is 8.50. The first-order valence-electron chi connectivity index (χ1n) is 8.50. The van der Waals surface area contributed by atoms with E-state index in [2.05, 4.69) is 87.5 Å². The lowest BCUT2D eigenvalue weighted by molar-refractivity contribution is 0.589. The highest BCUT2D eigenvalue weighted by molar-refractivity contribution is 5.75. The first-order chi connectivity index (χ1) is 11.3. The van der Waals surface area contributed by atoms with Crippen molar-refractivity contribution >= 4 is 0 Å². The van der Waals surface area contributed by atoms with Crippen LogP contribution in [0.3, 0.4) is 0 Å². The van der Waals surface area contributed by atoms with Crippen LogP contribution in [0.5, 0.6) is 0 Å². The average Bonchev–Trinajstić information content (AvgIpc) is 2.93. The number of benzene rings is 2. The smallest absolute Gasteiger partial charge is 0.110 e. The van der Waals surface area contributed by atoms with Crippen LogP contribution in [-0.2, 0) is 5.41 Å². The maximum atomic E-state index is 4.41. The van der Waals surface area contributed by atoms with Crippen LogP contribution in [0.15, 0.2) is 48.8 Å². The Morgan fingerprint density at radius 2 is 1.62 bits per heavy atom. The van der Waals surface area contributed by atoms with E-state index in [1.165, 1.54) is 33.5 Å². The molecule has 1 heterocycles. The van der Waals surface area contributed by atoms with Crippen molar-refractivity contribution in [3.05, 3.63) is 71.3 Å².